The summed E-state index contributed by atoms with van der Waals surface area (Å²) in [6, 6.07) is 21.7. The van der Waals surface area contributed by atoms with Crippen molar-refractivity contribution in [3.8, 4) is 0 Å². The maximum atomic E-state index is 5.45. The van der Waals surface area contributed by atoms with Gasteiger partial charge in [-0.05, 0) is 37.1 Å². The van der Waals surface area contributed by atoms with E-state index in [1.165, 1.54) is 30.1 Å². The lowest BCUT2D eigenvalue weighted by atomic mass is 9.88. The van der Waals surface area contributed by atoms with E-state index in [0.717, 1.165) is 6.61 Å². The van der Waals surface area contributed by atoms with Gasteiger partial charge in [-0.1, -0.05) is 60.7 Å². The van der Waals surface area contributed by atoms with Gasteiger partial charge in [-0.3, -0.25) is 0 Å². The molecular formula is C18H23OP. The molecule has 20 heavy (non-hydrogen) atoms. The molecule has 1 atom stereocenters. The predicted molar refractivity (Wildman–Crippen MR) is 88.8 cm³/mol. The van der Waals surface area contributed by atoms with E-state index in [1.807, 2.05) is 0 Å². The average molecular weight is 286 g/mol. The normalized spacial score (nSPS) is 11.5. The Bertz CT molecular complexity index is 430. The largest absolute Gasteiger partial charge is 0.363 e. The molecule has 0 aliphatic rings. The number of hydrogen-bond donors (Lipinski definition) is 0. The van der Waals surface area contributed by atoms with Crippen LogP contribution in [0.5, 0.6) is 0 Å². The summed E-state index contributed by atoms with van der Waals surface area (Å²) in [5.41, 5.74) is 2.83. The summed E-state index contributed by atoms with van der Waals surface area (Å²) in [5, 5.41) is 0. The molecule has 2 heteroatoms. The summed E-state index contributed by atoms with van der Waals surface area (Å²) in [6.07, 6.45) is 3.57. The fourth-order valence-corrected chi connectivity index (χ4v) is 3.15. The van der Waals surface area contributed by atoms with Crippen LogP contribution in [-0.2, 0) is 4.52 Å². The molecule has 1 unspecified atom stereocenters. The summed E-state index contributed by atoms with van der Waals surface area (Å²) in [6.45, 7) is 2.89. The smallest absolute Gasteiger partial charge is 0.0477 e. The molecule has 0 N–H and O–H groups in total. The van der Waals surface area contributed by atoms with Crippen LogP contribution in [0.3, 0.4) is 0 Å². The molecule has 0 aromatic heterocycles. The molecule has 0 amide bonds. The van der Waals surface area contributed by atoms with E-state index in [-0.39, 0.29) is 0 Å². The first-order valence-corrected chi connectivity index (χ1v) is 8.48. The highest BCUT2D eigenvalue weighted by Crippen LogP contribution is 2.30. The second kappa shape index (κ2) is 8.89. The zero-order chi connectivity index (χ0) is 14.0. The monoisotopic (exact) mass is 286 g/mol. The van der Waals surface area contributed by atoms with Crippen LogP contribution in [0.15, 0.2) is 60.7 Å². The summed E-state index contributed by atoms with van der Waals surface area (Å²) in [5.74, 6) is 0.504. The van der Waals surface area contributed by atoms with Gasteiger partial charge < -0.3 is 4.52 Å². The van der Waals surface area contributed by atoms with Crippen molar-refractivity contribution >= 4 is 8.81 Å². The van der Waals surface area contributed by atoms with Crippen LogP contribution in [0.25, 0.3) is 0 Å². The standard InChI is InChI=1S/C18H23OP/c1-2-19-20-15-9-14-18(16-10-5-3-6-11-16)17-12-7-4-8-13-17/h3-8,10-13,18,20H,2,9,14-15H2,1H3. The molecule has 0 spiro atoms. The lowest BCUT2D eigenvalue weighted by Gasteiger charge is -2.18. The lowest BCUT2D eigenvalue weighted by Crippen LogP contribution is -2.01. The topological polar surface area (TPSA) is 9.23 Å². The van der Waals surface area contributed by atoms with E-state index in [0.29, 0.717) is 14.7 Å². The highest BCUT2D eigenvalue weighted by Gasteiger charge is 2.13. The minimum absolute atomic E-state index is 0.504. The van der Waals surface area contributed by atoms with Gasteiger partial charge in [0.15, 0.2) is 0 Å². The summed E-state index contributed by atoms with van der Waals surface area (Å²) in [7, 11) is 0.647. The van der Waals surface area contributed by atoms with Gasteiger partial charge in [0.25, 0.3) is 0 Å². The Kier molecular flexibility index (Phi) is 6.77. The van der Waals surface area contributed by atoms with E-state index in [9.17, 15) is 0 Å². The van der Waals surface area contributed by atoms with Crippen molar-refractivity contribution < 1.29 is 4.52 Å². The van der Waals surface area contributed by atoms with Crippen LogP contribution in [0, 0.1) is 0 Å². The van der Waals surface area contributed by atoms with Crippen molar-refractivity contribution in [2.75, 3.05) is 12.8 Å². The Morgan fingerprint density at radius 1 is 0.900 bits per heavy atom. The molecule has 0 radical (unpaired) electrons. The highest BCUT2D eigenvalue weighted by atomic mass is 31.1. The van der Waals surface area contributed by atoms with Gasteiger partial charge in [0.1, 0.15) is 0 Å². The minimum atomic E-state index is 0.504. The van der Waals surface area contributed by atoms with Gasteiger partial charge in [0.05, 0.1) is 0 Å². The third-order valence-corrected chi connectivity index (χ3v) is 4.47. The van der Waals surface area contributed by atoms with Crippen molar-refractivity contribution in [2.45, 2.75) is 25.7 Å². The molecule has 2 aromatic carbocycles. The molecule has 0 aliphatic carbocycles. The van der Waals surface area contributed by atoms with Crippen LogP contribution >= 0.6 is 8.81 Å². The lowest BCUT2D eigenvalue weighted by molar-refractivity contribution is 0.388. The molecule has 2 aromatic rings. The molecular weight excluding hydrogens is 263 g/mol. The maximum absolute atomic E-state index is 5.45. The number of rotatable bonds is 8. The fourth-order valence-electron chi connectivity index (χ4n) is 2.45. The Morgan fingerprint density at radius 2 is 1.45 bits per heavy atom. The van der Waals surface area contributed by atoms with Crippen molar-refractivity contribution in [3.63, 3.8) is 0 Å². The van der Waals surface area contributed by atoms with E-state index < -0.39 is 0 Å². The number of benzene rings is 2. The van der Waals surface area contributed by atoms with Crippen LogP contribution in [0.1, 0.15) is 36.8 Å². The second-order valence-electron chi connectivity index (χ2n) is 4.84. The van der Waals surface area contributed by atoms with Crippen LogP contribution in [0.4, 0.5) is 0 Å². The first kappa shape index (κ1) is 15.2. The first-order valence-electron chi connectivity index (χ1n) is 7.36. The van der Waals surface area contributed by atoms with E-state index >= 15 is 0 Å². The third kappa shape index (κ3) is 4.74. The number of hydrogen-bond acceptors (Lipinski definition) is 1. The zero-order valence-electron chi connectivity index (χ0n) is 12.1. The summed E-state index contributed by atoms with van der Waals surface area (Å²) < 4.78 is 5.45. The molecule has 1 nitrogen and oxygen atoms in total. The zero-order valence-corrected chi connectivity index (χ0v) is 13.1. The fraction of sp³-hybridized carbons (Fsp3) is 0.333. The predicted octanol–water partition coefficient (Wildman–Crippen LogP) is 5.23. The SMILES string of the molecule is CCOPCCCC(c1ccccc1)c1ccccc1. The van der Waals surface area contributed by atoms with Gasteiger partial charge in [-0.15, -0.1) is 0 Å². The average Bonchev–Trinajstić information content (AvgIpc) is 2.53. The Balaban J connectivity index is 2.02. The summed E-state index contributed by atoms with van der Waals surface area (Å²) >= 11 is 0. The minimum Gasteiger partial charge on any atom is -0.363 e. The molecule has 0 bridgehead atoms. The van der Waals surface area contributed by atoms with E-state index in [2.05, 4.69) is 67.6 Å². The molecule has 0 saturated carbocycles. The van der Waals surface area contributed by atoms with Crippen molar-refractivity contribution in [1.29, 1.82) is 0 Å². The molecule has 106 valence electrons. The van der Waals surface area contributed by atoms with Gasteiger partial charge in [-0.25, -0.2) is 0 Å². The van der Waals surface area contributed by atoms with Crippen molar-refractivity contribution in [1.82, 2.24) is 0 Å². The maximum Gasteiger partial charge on any atom is 0.0477 e. The van der Waals surface area contributed by atoms with Gasteiger partial charge in [-0.2, -0.15) is 0 Å². The first-order chi connectivity index (χ1) is 9.92. The Labute approximate surface area is 124 Å². The highest BCUT2D eigenvalue weighted by molar-refractivity contribution is 7.32. The van der Waals surface area contributed by atoms with E-state index in [1.54, 1.807) is 0 Å². The van der Waals surface area contributed by atoms with Gasteiger partial charge in [0, 0.05) is 21.3 Å². The Morgan fingerprint density at radius 3 is 1.95 bits per heavy atom. The molecule has 2 rings (SSSR count). The van der Waals surface area contributed by atoms with Gasteiger partial charge >= 0.3 is 0 Å². The molecule has 0 fully saturated rings. The molecule has 0 aliphatic heterocycles. The van der Waals surface area contributed by atoms with Gasteiger partial charge in [0.2, 0.25) is 0 Å². The van der Waals surface area contributed by atoms with Crippen molar-refractivity contribution in [2.24, 2.45) is 0 Å². The van der Waals surface area contributed by atoms with Crippen LogP contribution in [0.2, 0.25) is 0 Å². The quantitative estimate of drug-likeness (QED) is 0.477. The van der Waals surface area contributed by atoms with Crippen molar-refractivity contribution in [3.05, 3.63) is 71.8 Å². The molecule has 0 saturated heterocycles. The van der Waals surface area contributed by atoms with Crippen LogP contribution < -0.4 is 0 Å². The third-order valence-electron chi connectivity index (χ3n) is 3.42. The van der Waals surface area contributed by atoms with Crippen LogP contribution in [-0.4, -0.2) is 12.8 Å². The Hall–Kier alpha value is -1.17. The second-order valence-corrected chi connectivity index (χ2v) is 5.92. The van der Waals surface area contributed by atoms with E-state index in [4.69, 9.17) is 4.52 Å². The summed E-state index contributed by atoms with van der Waals surface area (Å²) in [4.78, 5) is 0. The molecule has 0 heterocycles.